The minimum atomic E-state index is -1.28. The first kappa shape index (κ1) is 26.7. The van der Waals surface area contributed by atoms with E-state index in [-0.39, 0.29) is 42.5 Å². The lowest BCUT2D eigenvalue weighted by Crippen LogP contribution is -2.37. The Kier molecular flexibility index (Phi) is 7.38. The fourth-order valence-electron chi connectivity index (χ4n) is 4.61. The van der Waals surface area contributed by atoms with E-state index in [1.54, 1.807) is 29.1 Å². The number of amides is 2. The summed E-state index contributed by atoms with van der Waals surface area (Å²) in [6, 6.07) is 10.0. The van der Waals surface area contributed by atoms with E-state index >= 15 is 0 Å². The summed E-state index contributed by atoms with van der Waals surface area (Å²) in [6.45, 7) is -0.544. The molecule has 1 aliphatic rings. The summed E-state index contributed by atoms with van der Waals surface area (Å²) in [5, 5.41) is 12.9. The molecule has 204 valence electrons. The van der Waals surface area contributed by atoms with Crippen molar-refractivity contribution < 1.29 is 28.6 Å². The summed E-state index contributed by atoms with van der Waals surface area (Å²) < 4.78 is 20.2. The number of fused-ring (bicyclic) bond motifs is 1. The van der Waals surface area contributed by atoms with Crippen LogP contribution in [0.3, 0.4) is 0 Å². The van der Waals surface area contributed by atoms with Gasteiger partial charge < -0.3 is 24.6 Å². The zero-order valence-corrected chi connectivity index (χ0v) is 21.9. The van der Waals surface area contributed by atoms with E-state index in [1.165, 1.54) is 40.2 Å². The standard InChI is InChI=1S/C27H22FN5O6S/c1-39-24-18-11-32(26(37)19-13-40-14-31-19)12-20(18)33(27(38)23(24)25(36)30-9-22(34)35)10-15-3-2-4-16(7-15)17-5-6-21(28)29-8-17/h2-8,13-14H,9-12H2,1H3,(H,30,36)(H,34,35). The molecule has 0 saturated carbocycles. The maximum Gasteiger partial charge on any atom is 0.322 e. The van der Waals surface area contributed by atoms with Gasteiger partial charge in [0.05, 0.1) is 32.3 Å². The van der Waals surface area contributed by atoms with Crippen molar-refractivity contribution in [2.24, 2.45) is 0 Å². The van der Waals surface area contributed by atoms with Gasteiger partial charge in [0.1, 0.15) is 23.6 Å². The Labute approximate surface area is 230 Å². The second kappa shape index (κ2) is 11.1. The van der Waals surface area contributed by atoms with E-state index in [4.69, 9.17) is 9.84 Å². The van der Waals surface area contributed by atoms with Gasteiger partial charge >= 0.3 is 5.97 Å². The van der Waals surface area contributed by atoms with E-state index < -0.39 is 29.9 Å². The van der Waals surface area contributed by atoms with Gasteiger partial charge in [-0.25, -0.2) is 9.97 Å². The van der Waals surface area contributed by atoms with Gasteiger partial charge in [0.15, 0.2) is 0 Å². The molecule has 2 amide bonds. The van der Waals surface area contributed by atoms with Crippen LogP contribution in [0.2, 0.25) is 0 Å². The van der Waals surface area contributed by atoms with Gasteiger partial charge in [-0.05, 0) is 29.3 Å². The number of carboxylic acid groups (broad SMARTS) is 1. The molecule has 2 N–H and O–H groups in total. The molecule has 4 heterocycles. The van der Waals surface area contributed by atoms with Crippen LogP contribution in [0.15, 0.2) is 58.3 Å². The lowest BCUT2D eigenvalue weighted by molar-refractivity contribution is -0.135. The zero-order chi connectivity index (χ0) is 28.4. The summed E-state index contributed by atoms with van der Waals surface area (Å²) in [5.41, 5.74) is 3.79. The van der Waals surface area contributed by atoms with Crippen molar-refractivity contribution in [2.75, 3.05) is 13.7 Å². The topological polar surface area (TPSA) is 144 Å². The van der Waals surface area contributed by atoms with E-state index in [1.807, 2.05) is 12.1 Å². The van der Waals surface area contributed by atoms with Crippen molar-refractivity contribution in [1.82, 2.24) is 24.8 Å². The molecule has 13 heteroatoms. The number of aromatic nitrogens is 3. The molecule has 1 aliphatic heterocycles. The first-order chi connectivity index (χ1) is 19.3. The van der Waals surface area contributed by atoms with E-state index in [9.17, 15) is 23.6 Å². The van der Waals surface area contributed by atoms with Crippen molar-refractivity contribution in [3.63, 3.8) is 0 Å². The summed E-state index contributed by atoms with van der Waals surface area (Å²) in [4.78, 5) is 60.3. The van der Waals surface area contributed by atoms with Crippen molar-refractivity contribution in [1.29, 1.82) is 0 Å². The second-order valence-electron chi connectivity index (χ2n) is 8.91. The fourth-order valence-corrected chi connectivity index (χ4v) is 5.14. The van der Waals surface area contributed by atoms with Crippen molar-refractivity contribution in [3.8, 4) is 16.9 Å². The number of halogens is 1. The maximum absolute atomic E-state index is 13.8. The zero-order valence-electron chi connectivity index (χ0n) is 21.1. The van der Waals surface area contributed by atoms with Crippen LogP contribution < -0.4 is 15.6 Å². The first-order valence-electron chi connectivity index (χ1n) is 12.0. The number of ether oxygens (including phenoxy) is 1. The number of aliphatic carboxylic acids is 1. The quantitative estimate of drug-likeness (QED) is 0.311. The van der Waals surface area contributed by atoms with Crippen LogP contribution in [0.1, 0.15) is 37.7 Å². The highest BCUT2D eigenvalue weighted by Crippen LogP contribution is 2.34. The van der Waals surface area contributed by atoms with Crippen LogP contribution in [-0.4, -0.2) is 56.0 Å². The normalized spacial score (nSPS) is 12.2. The first-order valence-corrected chi connectivity index (χ1v) is 12.9. The number of carbonyl (C=O) groups excluding carboxylic acids is 2. The molecular formula is C27H22FN5O6S. The number of hydrogen-bond donors (Lipinski definition) is 2. The molecule has 0 unspecified atom stereocenters. The molecule has 40 heavy (non-hydrogen) atoms. The number of carboxylic acids is 1. The van der Waals surface area contributed by atoms with Gasteiger partial charge in [-0.2, -0.15) is 4.39 Å². The van der Waals surface area contributed by atoms with Gasteiger partial charge in [0.25, 0.3) is 17.4 Å². The molecule has 0 bridgehead atoms. The Hall–Kier alpha value is -4.91. The van der Waals surface area contributed by atoms with E-state index in [2.05, 4.69) is 15.3 Å². The number of benzene rings is 1. The predicted molar refractivity (Wildman–Crippen MR) is 142 cm³/mol. The summed E-state index contributed by atoms with van der Waals surface area (Å²) >= 11 is 1.28. The lowest BCUT2D eigenvalue weighted by atomic mass is 10.0. The van der Waals surface area contributed by atoms with Crippen LogP contribution in [-0.2, 0) is 24.4 Å². The van der Waals surface area contributed by atoms with Crippen LogP contribution in [0.4, 0.5) is 4.39 Å². The fraction of sp³-hybridized carbons (Fsp3) is 0.185. The Morgan fingerprint density at radius 2 is 1.98 bits per heavy atom. The molecule has 5 rings (SSSR count). The number of thiazole rings is 1. The molecule has 4 aromatic rings. The highest BCUT2D eigenvalue weighted by molar-refractivity contribution is 7.07. The molecule has 0 spiro atoms. The monoisotopic (exact) mass is 563 g/mol. The van der Waals surface area contributed by atoms with Gasteiger partial charge in [-0.15, -0.1) is 11.3 Å². The highest BCUT2D eigenvalue weighted by atomic mass is 32.1. The Morgan fingerprint density at radius 3 is 2.65 bits per heavy atom. The number of carbonyl (C=O) groups is 3. The van der Waals surface area contributed by atoms with E-state index in [0.29, 0.717) is 22.4 Å². The van der Waals surface area contributed by atoms with Crippen molar-refractivity contribution in [3.05, 3.63) is 97.9 Å². The summed E-state index contributed by atoms with van der Waals surface area (Å²) in [5.74, 6) is -3.15. The molecule has 1 aromatic carbocycles. The Morgan fingerprint density at radius 1 is 1.15 bits per heavy atom. The number of hydrogen-bond acceptors (Lipinski definition) is 8. The maximum atomic E-state index is 13.8. The molecule has 0 radical (unpaired) electrons. The van der Waals surface area contributed by atoms with Crippen LogP contribution in [0.5, 0.6) is 5.75 Å². The Balaban J connectivity index is 1.59. The minimum Gasteiger partial charge on any atom is -0.495 e. The number of pyridine rings is 2. The molecule has 0 aliphatic carbocycles. The summed E-state index contributed by atoms with van der Waals surface area (Å²) in [6.07, 6.45) is 1.40. The molecule has 3 aromatic heterocycles. The largest absolute Gasteiger partial charge is 0.495 e. The van der Waals surface area contributed by atoms with Gasteiger partial charge in [-0.3, -0.25) is 19.2 Å². The van der Waals surface area contributed by atoms with Crippen LogP contribution >= 0.6 is 11.3 Å². The highest BCUT2D eigenvalue weighted by Gasteiger charge is 2.35. The molecule has 0 atom stereocenters. The molecular weight excluding hydrogens is 541 g/mol. The smallest absolute Gasteiger partial charge is 0.322 e. The minimum absolute atomic E-state index is 0.0150. The van der Waals surface area contributed by atoms with Gasteiger partial charge in [-0.1, -0.05) is 18.2 Å². The van der Waals surface area contributed by atoms with Gasteiger partial charge in [0, 0.05) is 28.4 Å². The molecule has 0 fully saturated rings. The average molecular weight is 564 g/mol. The van der Waals surface area contributed by atoms with Crippen molar-refractivity contribution in [2.45, 2.75) is 19.6 Å². The number of rotatable bonds is 8. The second-order valence-corrected chi connectivity index (χ2v) is 9.62. The van der Waals surface area contributed by atoms with Crippen LogP contribution in [0.25, 0.3) is 11.1 Å². The third-order valence-electron chi connectivity index (χ3n) is 6.42. The van der Waals surface area contributed by atoms with Crippen LogP contribution in [0, 0.1) is 5.95 Å². The number of nitrogens with one attached hydrogen (secondary N) is 1. The lowest BCUT2D eigenvalue weighted by Gasteiger charge is -2.18. The number of methoxy groups -OCH3 is 1. The predicted octanol–water partition coefficient (Wildman–Crippen LogP) is 2.53. The average Bonchev–Trinajstić information content (AvgIpc) is 3.64. The Bertz CT molecular complexity index is 1670. The van der Waals surface area contributed by atoms with Gasteiger partial charge in [0.2, 0.25) is 5.95 Å². The summed E-state index contributed by atoms with van der Waals surface area (Å²) in [7, 11) is 1.30. The van der Waals surface area contributed by atoms with Crippen molar-refractivity contribution >= 4 is 29.1 Å². The van der Waals surface area contributed by atoms with E-state index in [0.717, 1.165) is 5.56 Å². The molecule has 11 nitrogen and oxygen atoms in total. The SMILES string of the molecule is COc1c2c(n(Cc3cccc(-c4ccc(F)nc4)c3)c(=O)c1C(=O)NCC(=O)O)CN(C(=O)c1cscn1)C2. The number of nitrogens with zero attached hydrogens (tertiary/aromatic N) is 4. The third-order valence-corrected chi connectivity index (χ3v) is 7.01. The molecule has 0 saturated heterocycles. The third kappa shape index (κ3) is 5.18.